The van der Waals surface area contributed by atoms with Crippen molar-refractivity contribution in [1.29, 1.82) is 0 Å². The number of hydrogen-bond donors (Lipinski definition) is 1. The summed E-state index contributed by atoms with van der Waals surface area (Å²) in [7, 11) is 0. The van der Waals surface area contributed by atoms with Gasteiger partial charge in [-0.25, -0.2) is 4.79 Å². The van der Waals surface area contributed by atoms with Gasteiger partial charge in [-0.2, -0.15) is 0 Å². The molecular weight excluding hydrogens is 332 g/mol. The lowest BCUT2D eigenvalue weighted by molar-refractivity contribution is 0.250. The highest BCUT2D eigenvalue weighted by Gasteiger charge is 2.36. The summed E-state index contributed by atoms with van der Waals surface area (Å²) in [6, 6.07) is 26.8. The SMILES string of the molecule is CC1CN2C(=O)NC(c3ccccc3)=C(c3ccccc3)c3cccc1c32. The second-order valence-electron chi connectivity index (χ2n) is 7.17. The van der Waals surface area contributed by atoms with Crippen LogP contribution in [0, 0.1) is 0 Å². The molecule has 27 heavy (non-hydrogen) atoms. The smallest absolute Gasteiger partial charge is 0.306 e. The fourth-order valence-corrected chi connectivity index (χ4v) is 4.21. The number of rotatable bonds is 2. The van der Waals surface area contributed by atoms with Gasteiger partial charge in [0.05, 0.1) is 11.4 Å². The average Bonchev–Trinajstić information content (AvgIpc) is 3.00. The highest BCUT2D eigenvalue weighted by molar-refractivity contribution is 6.13. The van der Waals surface area contributed by atoms with Gasteiger partial charge < -0.3 is 5.32 Å². The van der Waals surface area contributed by atoms with E-state index in [1.165, 1.54) is 5.56 Å². The quantitative estimate of drug-likeness (QED) is 0.671. The van der Waals surface area contributed by atoms with Gasteiger partial charge in [0.2, 0.25) is 0 Å². The van der Waals surface area contributed by atoms with Crippen LogP contribution in [0.1, 0.15) is 35.1 Å². The van der Waals surface area contributed by atoms with Crippen LogP contribution in [0.2, 0.25) is 0 Å². The van der Waals surface area contributed by atoms with Crippen molar-refractivity contribution < 1.29 is 4.79 Å². The number of nitrogens with one attached hydrogen (secondary N) is 1. The number of anilines is 1. The summed E-state index contributed by atoms with van der Waals surface area (Å²) >= 11 is 0. The Kier molecular flexibility index (Phi) is 3.61. The molecule has 3 aromatic carbocycles. The number of benzene rings is 3. The Hall–Kier alpha value is -3.33. The third-order valence-corrected chi connectivity index (χ3v) is 5.45. The normalized spacial score (nSPS) is 18.2. The molecule has 132 valence electrons. The van der Waals surface area contributed by atoms with Crippen LogP contribution in [0.5, 0.6) is 0 Å². The molecule has 0 aliphatic carbocycles. The molecule has 0 bridgehead atoms. The zero-order chi connectivity index (χ0) is 18.4. The van der Waals surface area contributed by atoms with Crippen molar-refractivity contribution in [3.05, 3.63) is 101 Å². The molecule has 0 fully saturated rings. The van der Waals surface area contributed by atoms with Gasteiger partial charge in [0.1, 0.15) is 0 Å². The Bertz CT molecular complexity index is 1050. The molecule has 2 aliphatic heterocycles. The molecule has 0 saturated heterocycles. The number of nitrogens with zero attached hydrogens (tertiary/aromatic N) is 1. The molecular formula is C24H20N2O. The van der Waals surface area contributed by atoms with E-state index in [2.05, 4.69) is 42.6 Å². The number of amides is 2. The standard InChI is InChI=1S/C24H20N2O/c1-16-15-26-23-19(16)13-8-14-20(23)21(17-9-4-2-5-10-17)22(25-24(26)27)18-11-6-3-7-12-18/h2-14,16H,15H2,1H3,(H,25,27). The Morgan fingerprint density at radius 1 is 0.852 bits per heavy atom. The zero-order valence-corrected chi connectivity index (χ0v) is 15.1. The molecule has 3 heteroatoms. The van der Waals surface area contributed by atoms with Gasteiger partial charge in [0.15, 0.2) is 0 Å². The largest absolute Gasteiger partial charge is 0.326 e. The number of urea groups is 1. The molecule has 3 aromatic rings. The van der Waals surface area contributed by atoms with Crippen molar-refractivity contribution in [1.82, 2.24) is 5.32 Å². The molecule has 0 aromatic heterocycles. The zero-order valence-electron chi connectivity index (χ0n) is 15.1. The highest BCUT2D eigenvalue weighted by Crippen LogP contribution is 2.46. The summed E-state index contributed by atoms with van der Waals surface area (Å²) in [6.45, 7) is 2.89. The molecule has 0 saturated carbocycles. The molecule has 1 unspecified atom stereocenters. The van der Waals surface area contributed by atoms with Gasteiger partial charge in [0, 0.05) is 23.6 Å². The predicted molar refractivity (Wildman–Crippen MR) is 110 cm³/mol. The van der Waals surface area contributed by atoms with Crippen LogP contribution < -0.4 is 10.2 Å². The summed E-state index contributed by atoms with van der Waals surface area (Å²) in [5.74, 6) is 0.334. The maximum absolute atomic E-state index is 13.1. The molecule has 2 heterocycles. The van der Waals surface area contributed by atoms with E-state index in [0.29, 0.717) is 12.5 Å². The van der Waals surface area contributed by atoms with E-state index >= 15 is 0 Å². The maximum Gasteiger partial charge on any atom is 0.326 e. The summed E-state index contributed by atoms with van der Waals surface area (Å²) in [4.78, 5) is 15.0. The van der Waals surface area contributed by atoms with Crippen molar-refractivity contribution in [3.8, 4) is 0 Å². The van der Waals surface area contributed by atoms with Crippen molar-refractivity contribution >= 4 is 23.0 Å². The van der Waals surface area contributed by atoms with Crippen molar-refractivity contribution in [2.75, 3.05) is 11.4 Å². The molecule has 3 nitrogen and oxygen atoms in total. The lowest BCUT2D eigenvalue weighted by atomic mass is 9.90. The van der Waals surface area contributed by atoms with E-state index in [1.54, 1.807) is 0 Å². The van der Waals surface area contributed by atoms with E-state index in [9.17, 15) is 4.79 Å². The Labute approximate surface area is 159 Å². The van der Waals surface area contributed by atoms with Crippen molar-refractivity contribution in [2.24, 2.45) is 0 Å². The molecule has 1 atom stereocenters. The number of para-hydroxylation sites is 1. The monoisotopic (exact) mass is 352 g/mol. The minimum absolute atomic E-state index is 0.0576. The van der Waals surface area contributed by atoms with Crippen LogP contribution in [0.4, 0.5) is 10.5 Å². The van der Waals surface area contributed by atoms with Gasteiger partial charge in [-0.15, -0.1) is 0 Å². The van der Waals surface area contributed by atoms with Gasteiger partial charge in [0.25, 0.3) is 0 Å². The number of carbonyl (C=O) groups excluding carboxylic acids is 1. The summed E-state index contributed by atoms with van der Waals surface area (Å²) in [5.41, 5.74) is 7.45. The van der Waals surface area contributed by atoms with Crippen LogP contribution in [0.3, 0.4) is 0 Å². The van der Waals surface area contributed by atoms with Crippen LogP contribution in [-0.2, 0) is 0 Å². The van der Waals surface area contributed by atoms with E-state index in [-0.39, 0.29) is 6.03 Å². The number of hydrogen-bond acceptors (Lipinski definition) is 1. The molecule has 0 radical (unpaired) electrons. The third-order valence-electron chi connectivity index (χ3n) is 5.45. The maximum atomic E-state index is 13.1. The lowest BCUT2D eigenvalue weighted by Crippen LogP contribution is -2.37. The minimum atomic E-state index is -0.0576. The van der Waals surface area contributed by atoms with E-state index in [0.717, 1.165) is 33.6 Å². The number of carbonyl (C=O) groups is 1. The fourth-order valence-electron chi connectivity index (χ4n) is 4.21. The Morgan fingerprint density at radius 2 is 1.52 bits per heavy atom. The van der Waals surface area contributed by atoms with Crippen LogP contribution in [0.15, 0.2) is 78.9 Å². The van der Waals surface area contributed by atoms with Crippen LogP contribution >= 0.6 is 0 Å². The first kappa shape index (κ1) is 15.9. The Morgan fingerprint density at radius 3 is 2.22 bits per heavy atom. The van der Waals surface area contributed by atoms with Gasteiger partial charge in [-0.3, -0.25) is 4.90 Å². The van der Waals surface area contributed by atoms with E-state index < -0.39 is 0 Å². The van der Waals surface area contributed by atoms with Gasteiger partial charge in [-0.1, -0.05) is 85.8 Å². The highest BCUT2D eigenvalue weighted by atomic mass is 16.2. The van der Waals surface area contributed by atoms with Gasteiger partial charge >= 0.3 is 6.03 Å². The summed E-state index contributed by atoms with van der Waals surface area (Å²) < 4.78 is 0. The fraction of sp³-hybridized carbons (Fsp3) is 0.125. The lowest BCUT2D eigenvalue weighted by Gasteiger charge is -2.17. The van der Waals surface area contributed by atoms with Crippen molar-refractivity contribution in [2.45, 2.75) is 12.8 Å². The predicted octanol–water partition coefficient (Wildman–Crippen LogP) is 5.25. The van der Waals surface area contributed by atoms with E-state index in [1.807, 2.05) is 53.4 Å². The molecule has 1 N–H and O–H groups in total. The van der Waals surface area contributed by atoms with Crippen molar-refractivity contribution in [3.63, 3.8) is 0 Å². The Balaban J connectivity index is 1.87. The molecule has 0 spiro atoms. The third kappa shape index (κ3) is 2.47. The summed E-state index contributed by atoms with van der Waals surface area (Å²) in [6.07, 6.45) is 0. The van der Waals surface area contributed by atoms with E-state index in [4.69, 9.17) is 0 Å². The molecule has 2 aliphatic rings. The second-order valence-corrected chi connectivity index (χ2v) is 7.17. The van der Waals surface area contributed by atoms with Gasteiger partial charge in [-0.05, 0) is 16.7 Å². The first-order valence-electron chi connectivity index (χ1n) is 9.31. The average molecular weight is 352 g/mol. The molecule has 5 rings (SSSR count). The second kappa shape index (κ2) is 6.13. The van der Waals surface area contributed by atoms with Crippen LogP contribution in [0.25, 0.3) is 11.3 Å². The first-order chi connectivity index (χ1) is 13.2. The van der Waals surface area contributed by atoms with Crippen LogP contribution in [-0.4, -0.2) is 12.6 Å². The molecule has 2 amide bonds. The minimum Gasteiger partial charge on any atom is -0.306 e. The summed E-state index contributed by atoms with van der Waals surface area (Å²) in [5, 5.41) is 3.21. The topological polar surface area (TPSA) is 32.3 Å². The first-order valence-corrected chi connectivity index (χ1v) is 9.31.